The third-order valence-corrected chi connectivity index (χ3v) is 3.71. The average Bonchev–Trinajstić information content (AvgIpc) is 2.98. The van der Waals surface area contributed by atoms with E-state index < -0.39 is 0 Å². The predicted octanol–water partition coefficient (Wildman–Crippen LogP) is 3.15. The maximum Gasteiger partial charge on any atom is 0.164 e. The molecule has 0 aliphatic heterocycles. The fraction of sp³-hybridized carbons (Fsp3) is 0.357. The van der Waals surface area contributed by atoms with Crippen molar-refractivity contribution in [2.24, 2.45) is 7.05 Å². The van der Waals surface area contributed by atoms with Crippen LogP contribution >= 0.6 is 23.2 Å². The van der Waals surface area contributed by atoms with E-state index in [-0.39, 0.29) is 0 Å². The number of alkyl halides is 1. The van der Waals surface area contributed by atoms with Gasteiger partial charge in [0.2, 0.25) is 0 Å². The van der Waals surface area contributed by atoms with Gasteiger partial charge in [-0.3, -0.25) is 9.25 Å². The number of hydrogen-bond acceptors (Lipinski definition) is 3. The van der Waals surface area contributed by atoms with E-state index in [1.165, 1.54) is 0 Å². The van der Waals surface area contributed by atoms with Crippen LogP contribution in [0, 0.1) is 0 Å². The second kappa shape index (κ2) is 5.66. The highest BCUT2D eigenvalue weighted by atomic mass is 35.5. The molecule has 0 aliphatic carbocycles. The van der Waals surface area contributed by atoms with E-state index in [4.69, 9.17) is 23.2 Å². The molecule has 110 valence electrons. The van der Waals surface area contributed by atoms with Gasteiger partial charge in [-0.1, -0.05) is 18.5 Å². The number of hydrogen-bond donors (Lipinski definition) is 0. The molecule has 0 saturated carbocycles. The van der Waals surface area contributed by atoms with Crippen LogP contribution in [-0.2, 0) is 19.9 Å². The molecule has 5 nitrogen and oxygen atoms in total. The molecule has 0 atom stereocenters. The topological polar surface area (TPSA) is 48.5 Å². The van der Waals surface area contributed by atoms with Crippen molar-refractivity contribution >= 4 is 34.4 Å². The number of aryl methyl sites for hydroxylation is 3. The largest absolute Gasteiger partial charge is 0.277 e. The van der Waals surface area contributed by atoms with Crippen molar-refractivity contribution in [3.05, 3.63) is 35.0 Å². The van der Waals surface area contributed by atoms with Gasteiger partial charge in [0.25, 0.3) is 0 Å². The Morgan fingerprint density at radius 2 is 2.14 bits per heavy atom. The number of aromatic nitrogens is 5. The molecule has 7 heteroatoms. The van der Waals surface area contributed by atoms with Gasteiger partial charge >= 0.3 is 0 Å². The highest BCUT2D eigenvalue weighted by Gasteiger charge is 2.17. The molecule has 0 bridgehead atoms. The molecule has 21 heavy (non-hydrogen) atoms. The van der Waals surface area contributed by atoms with Gasteiger partial charge in [-0.15, -0.1) is 11.6 Å². The zero-order valence-corrected chi connectivity index (χ0v) is 13.4. The minimum Gasteiger partial charge on any atom is -0.277 e. The van der Waals surface area contributed by atoms with Crippen LogP contribution in [0.4, 0.5) is 0 Å². The standard InChI is InChI=1S/C14H15Cl2N5/c1-3-10-12(8-20(2)19-10)21-13(4-5-15)18-11-6-9(16)7-17-14(11)21/h6-8H,3-5H2,1-2H3. The van der Waals surface area contributed by atoms with Gasteiger partial charge in [-0.25, -0.2) is 9.97 Å². The Morgan fingerprint density at radius 3 is 2.86 bits per heavy atom. The SMILES string of the molecule is CCc1nn(C)cc1-n1c(CCCl)nc2cc(Cl)cnc21. The first-order valence-electron chi connectivity index (χ1n) is 6.75. The summed E-state index contributed by atoms with van der Waals surface area (Å²) < 4.78 is 3.83. The first-order valence-corrected chi connectivity index (χ1v) is 7.67. The molecule has 0 fully saturated rings. The van der Waals surface area contributed by atoms with Gasteiger partial charge in [-0.05, 0) is 12.5 Å². The van der Waals surface area contributed by atoms with Gasteiger partial charge in [0.15, 0.2) is 5.65 Å². The van der Waals surface area contributed by atoms with Gasteiger partial charge in [-0.2, -0.15) is 5.10 Å². The minimum atomic E-state index is 0.499. The molecule has 0 aliphatic rings. The van der Waals surface area contributed by atoms with E-state index in [9.17, 15) is 0 Å². The fourth-order valence-corrected chi connectivity index (χ4v) is 2.77. The number of rotatable bonds is 4. The zero-order valence-electron chi connectivity index (χ0n) is 11.8. The first-order chi connectivity index (χ1) is 10.1. The second-order valence-electron chi connectivity index (χ2n) is 4.79. The van der Waals surface area contributed by atoms with Crippen molar-refractivity contribution in [3.8, 4) is 5.69 Å². The van der Waals surface area contributed by atoms with Crippen LogP contribution in [0.25, 0.3) is 16.9 Å². The molecule has 0 saturated heterocycles. The van der Waals surface area contributed by atoms with E-state index in [1.54, 1.807) is 10.9 Å². The lowest BCUT2D eigenvalue weighted by molar-refractivity contribution is 0.746. The summed E-state index contributed by atoms with van der Waals surface area (Å²) in [6.07, 6.45) is 5.11. The van der Waals surface area contributed by atoms with Crippen LogP contribution in [0.2, 0.25) is 5.02 Å². The summed E-state index contributed by atoms with van der Waals surface area (Å²) in [4.78, 5) is 9.05. The molecule has 3 aromatic heterocycles. The van der Waals surface area contributed by atoms with Crippen LogP contribution < -0.4 is 0 Å². The lowest BCUT2D eigenvalue weighted by Gasteiger charge is -2.06. The second-order valence-corrected chi connectivity index (χ2v) is 5.60. The highest BCUT2D eigenvalue weighted by Crippen LogP contribution is 2.24. The summed E-state index contributed by atoms with van der Waals surface area (Å²) >= 11 is 11.9. The van der Waals surface area contributed by atoms with Crippen molar-refractivity contribution in [2.75, 3.05) is 5.88 Å². The third kappa shape index (κ3) is 2.51. The van der Waals surface area contributed by atoms with E-state index in [2.05, 4.69) is 22.0 Å². The van der Waals surface area contributed by atoms with Crippen molar-refractivity contribution in [3.63, 3.8) is 0 Å². The monoisotopic (exact) mass is 323 g/mol. The Balaban J connectivity index is 2.30. The van der Waals surface area contributed by atoms with Crippen molar-refractivity contribution in [1.29, 1.82) is 0 Å². The lowest BCUT2D eigenvalue weighted by Crippen LogP contribution is -2.04. The van der Waals surface area contributed by atoms with Crippen LogP contribution in [-0.4, -0.2) is 30.2 Å². The third-order valence-electron chi connectivity index (χ3n) is 3.31. The molecule has 0 radical (unpaired) electrons. The smallest absolute Gasteiger partial charge is 0.164 e. The summed E-state index contributed by atoms with van der Waals surface area (Å²) in [5.41, 5.74) is 3.55. The minimum absolute atomic E-state index is 0.499. The molecule has 3 aromatic rings. The lowest BCUT2D eigenvalue weighted by atomic mass is 10.3. The first kappa shape index (κ1) is 14.4. The molecule has 0 N–H and O–H groups in total. The van der Waals surface area contributed by atoms with Crippen molar-refractivity contribution in [1.82, 2.24) is 24.3 Å². The van der Waals surface area contributed by atoms with Gasteiger partial charge in [0.05, 0.1) is 16.4 Å². The maximum atomic E-state index is 6.01. The molecule has 3 heterocycles. The molecule has 0 amide bonds. The Kier molecular flexibility index (Phi) is 3.87. The zero-order chi connectivity index (χ0) is 15.0. The fourth-order valence-electron chi connectivity index (χ4n) is 2.45. The molecular weight excluding hydrogens is 309 g/mol. The molecule has 3 rings (SSSR count). The van der Waals surface area contributed by atoms with Crippen LogP contribution in [0.1, 0.15) is 18.4 Å². The summed E-state index contributed by atoms with van der Waals surface area (Å²) in [6, 6.07) is 1.82. The van der Waals surface area contributed by atoms with E-state index in [0.29, 0.717) is 17.3 Å². The molecule has 0 aromatic carbocycles. The normalized spacial score (nSPS) is 11.4. The van der Waals surface area contributed by atoms with Crippen molar-refractivity contribution in [2.45, 2.75) is 19.8 Å². The van der Waals surface area contributed by atoms with Gasteiger partial charge < -0.3 is 0 Å². The molecule has 0 spiro atoms. The summed E-state index contributed by atoms with van der Waals surface area (Å²) in [6.45, 7) is 2.08. The van der Waals surface area contributed by atoms with Crippen molar-refractivity contribution < 1.29 is 0 Å². The number of halogens is 2. The Hall–Kier alpha value is -1.59. The molecule has 0 unspecified atom stereocenters. The maximum absolute atomic E-state index is 6.01. The van der Waals surface area contributed by atoms with E-state index in [0.717, 1.165) is 34.8 Å². The average molecular weight is 324 g/mol. The van der Waals surface area contributed by atoms with Crippen LogP contribution in [0.5, 0.6) is 0 Å². The van der Waals surface area contributed by atoms with E-state index in [1.807, 2.05) is 23.9 Å². The molecular formula is C14H15Cl2N5. The van der Waals surface area contributed by atoms with Gasteiger partial charge in [0, 0.05) is 31.7 Å². The highest BCUT2D eigenvalue weighted by molar-refractivity contribution is 6.31. The van der Waals surface area contributed by atoms with Crippen LogP contribution in [0.15, 0.2) is 18.5 Å². The predicted molar refractivity (Wildman–Crippen MR) is 84.4 cm³/mol. The number of imidazole rings is 1. The quantitative estimate of drug-likeness (QED) is 0.693. The summed E-state index contributed by atoms with van der Waals surface area (Å²) in [5, 5.41) is 5.07. The number of pyridine rings is 1. The summed E-state index contributed by atoms with van der Waals surface area (Å²) in [5.74, 6) is 1.37. The Labute approximate surface area is 132 Å². The Morgan fingerprint density at radius 1 is 1.33 bits per heavy atom. The van der Waals surface area contributed by atoms with E-state index >= 15 is 0 Å². The van der Waals surface area contributed by atoms with Crippen LogP contribution in [0.3, 0.4) is 0 Å². The summed E-state index contributed by atoms with van der Waals surface area (Å²) in [7, 11) is 1.91. The van der Waals surface area contributed by atoms with Gasteiger partial charge in [0.1, 0.15) is 11.3 Å². The number of nitrogens with zero attached hydrogens (tertiary/aromatic N) is 5. The number of fused-ring (bicyclic) bond motifs is 1. The Bertz CT molecular complexity index is 790.